The Morgan fingerprint density at radius 1 is 0.879 bits per heavy atom. The van der Waals surface area contributed by atoms with Crippen LogP contribution in [0.3, 0.4) is 0 Å². The van der Waals surface area contributed by atoms with Gasteiger partial charge in [-0.3, -0.25) is 15.0 Å². The molecule has 5 rings (SSSR count). The fourth-order valence-electron chi connectivity index (χ4n) is 4.64. The molecular weight excluding hydrogens is 428 g/mol. The Morgan fingerprint density at radius 2 is 1.55 bits per heavy atom. The fourth-order valence-corrected chi connectivity index (χ4v) is 4.95. The van der Waals surface area contributed by atoms with Crippen molar-refractivity contribution in [1.29, 1.82) is 0 Å². The summed E-state index contributed by atoms with van der Waals surface area (Å²) in [5, 5.41) is 4.30. The summed E-state index contributed by atoms with van der Waals surface area (Å²) in [6, 6.07) is 16.6. The number of aromatic nitrogens is 4. The average Bonchev–Trinajstić information content (AvgIpc) is 3.31. The normalized spacial score (nSPS) is 17.9. The zero-order valence-corrected chi connectivity index (χ0v) is 19.5. The summed E-state index contributed by atoms with van der Waals surface area (Å²) < 4.78 is 2.37. The van der Waals surface area contributed by atoms with Gasteiger partial charge in [-0.1, -0.05) is 6.07 Å². The van der Waals surface area contributed by atoms with E-state index in [-0.39, 0.29) is 12.1 Å². The lowest BCUT2D eigenvalue weighted by atomic mass is 9.96. The number of pyridine rings is 3. The van der Waals surface area contributed by atoms with E-state index in [1.165, 1.54) is 28.1 Å². The van der Waals surface area contributed by atoms with Crippen molar-refractivity contribution in [3.63, 3.8) is 0 Å². The van der Waals surface area contributed by atoms with Gasteiger partial charge in [0.15, 0.2) is 5.11 Å². The molecule has 1 fully saturated rings. The van der Waals surface area contributed by atoms with Crippen molar-refractivity contribution in [3.8, 4) is 0 Å². The van der Waals surface area contributed by atoms with Crippen molar-refractivity contribution >= 4 is 17.3 Å². The summed E-state index contributed by atoms with van der Waals surface area (Å²) in [6.45, 7) is 5.88. The van der Waals surface area contributed by atoms with Crippen molar-refractivity contribution in [3.05, 3.63) is 113 Å². The summed E-state index contributed by atoms with van der Waals surface area (Å²) in [7, 11) is 0. The van der Waals surface area contributed by atoms with Crippen LogP contribution < -0.4 is 5.32 Å². The van der Waals surface area contributed by atoms with Gasteiger partial charge in [0.1, 0.15) is 0 Å². The summed E-state index contributed by atoms with van der Waals surface area (Å²) in [5.41, 5.74) is 7.11. The zero-order chi connectivity index (χ0) is 22.8. The third-order valence-corrected chi connectivity index (χ3v) is 6.67. The quantitative estimate of drug-likeness (QED) is 0.433. The molecule has 5 heterocycles. The van der Waals surface area contributed by atoms with Crippen molar-refractivity contribution < 1.29 is 0 Å². The summed E-state index contributed by atoms with van der Waals surface area (Å²) >= 11 is 5.84. The van der Waals surface area contributed by atoms with Crippen LogP contribution in [0, 0.1) is 13.8 Å². The van der Waals surface area contributed by atoms with Crippen LogP contribution in [0.4, 0.5) is 0 Å². The number of hydrogen-bond acceptors (Lipinski definition) is 4. The van der Waals surface area contributed by atoms with E-state index in [4.69, 9.17) is 12.2 Å². The second-order valence-electron chi connectivity index (χ2n) is 8.38. The first kappa shape index (κ1) is 21.3. The molecule has 0 amide bonds. The van der Waals surface area contributed by atoms with E-state index < -0.39 is 0 Å². The lowest BCUT2D eigenvalue weighted by Crippen LogP contribution is -2.29. The first-order valence-corrected chi connectivity index (χ1v) is 11.4. The molecule has 1 aliphatic heterocycles. The van der Waals surface area contributed by atoms with Crippen LogP contribution in [0.1, 0.15) is 45.9 Å². The summed E-state index contributed by atoms with van der Waals surface area (Å²) in [6.07, 6.45) is 9.19. The second-order valence-corrected chi connectivity index (χ2v) is 8.76. The highest BCUT2D eigenvalue weighted by Crippen LogP contribution is 2.41. The molecule has 7 heteroatoms. The van der Waals surface area contributed by atoms with Crippen LogP contribution in [0.15, 0.2) is 79.5 Å². The molecule has 4 aromatic heterocycles. The maximum Gasteiger partial charge on any atom is 0.170 e. The molecule has 0 saturated carbocycles. The lowest BCUT2D eigenvalue weighted by molar-refractivity contribution is 0.309. The number of aryl methyl sites for hydroxylation is 1. The minimum absolute atomic E-state index is 0.0259. The van der Waals surface area contributed by atoms with E-state index >= 15 is 0 Å². The van der Waals surface area contributed by atoms with Crippen LogP contribution in [-0.2, 0) is 13.1 Å². The zero-order valence-electron chi connectivity index (χ0n) is 18.7. The molecule has 6 nitrogen and oxygen atoms in total. The largest absolute Gasteiger partial charge is 0.352 e. The number of nitrogens with one attached hydrogen (secondary N) is 1. The Morgan fingerprint density at radius 3 is 2.18 bits per heavy atom. The molecule has 33 heavy (non-hydrogen) atoms. The minimum Gasteiger partial charge on any atom is -0.352 e. The van der Waals surface area contributed by atoms with Crippen LogP contribution >= 0.6 is 12.2 Å². The second kappa shape index (κ2) is 9.11. The van der Waals surface area contributed by atoms with Crippen molar-refractivity contribution in [2.24, 2.45) is 0 Å². The van der Waals surface area contributed by atoms with Gasteiger partial charge in [0.2, 0.25) is 0 Å². The van der Waals surface area contributed by atoms with Crippen LogP contribution in [-0.4, -0.2) is 29.5 Å². The molecule has 0 radical (unpaired) electrons. The Labute approximate surface area is 199 Å². The lowest BCUT2D eigenvalue weighted by Gasteiger charge is -2.28. The highest BCUT2D eigenvalue weighted by molar-refractivity contribution is 7.80. The third-order valence-electron chi connectivity index (χ3n) is 6.32. The van der Waals surface area contributed by atoms with Gasteiger partial charge in [0, 0.05) is 55.5 Å². The van der Waals surface area contributed by atoms with E-state index in [1.807, 2.05) is 55.2 Å². The first-order chi connectivity index (χ1) is 16.1. The molecule has 0 bridgehead atoms. The molecule has 1 saturated heterocycles. The molecule has 0 unspecified atom stereocenters. The van der Waals surface area contributed by atoms with Gasteiger partial charge >= 0.3 is 0 Å². The minimum atomic E-state index is -0.0320. The van der Waals surface area contributed by atoms with E-state index in [2.05, 4.69) is 67.8 Å². The number of nitrogens with zero attached hydrogens (tertiary/aromatic N) is 5. The molecule has 2 atom stereocenters. The molecular formula is C26H26N6S. The molecule has 0 aliphatic carbocycles. The van der Waals surface area contributed by atoms with E-state index in [1.54, 1.807) is 0 Å². The van der Waals surface area contributed by atoms with Gasteiger partial charge in [0.05, 0.1) is 17.8 Å². The Bertz CT molecular complexity index is 1240. The number of thiocarbonyl (C=S) groups is 1. The van der Waals surface area contributed by atoms with E-state index in [0.717, 1.165) is 17.4 Å². The monoisotopic (exact) mass is 454 g/mol. The topological polar surface area (TPSA) is 58.9 Å². The number of rotatable bonds is 6. The maximum absolute atomic E-state index is 5.84. The molecule has 166 valence electrons. The highest BCUT2D eigenvalue weighted by atomic mass is 32.1. The van der Waals surface area contributed by atoms with Crippen LogP contribution in [0.5, 0.6) is 0 Å². The third kappa shape index (κ3) is 4.24. The Kier molecular flexibility index (Phi) is 5.88. The maximum atomic E-state index is 5.84. The van der Waals surface area contributed by atoms with E-state index in [0.29, 0.717) is 6.54 Å². The smallest absolute Gasteiger partial charge is 0.170 e. The number of hydrogen-bond donors (Lipinski definition) is 1. The predicted octanol–water partition coefficient (Wildman–Crippen LogP) is 4.51. The summed E-state index contributed by atoms with van der Waals surface area (Å²) in [4.78, 5) is 15.3. The average molecular weight is 455 g/mol. The SMILES string of the molecule is Cc1cc([C@@H]2[C@H](c3ccccn3)NC(=S)N2Cc2ccncc2)c(C)n1Cc1ccncc1. The van der Waals surface area contributed by atoms with E-state index in [9.17, 15) is 0 Å². The Hall–Kier alpha value is -3.58. The van der Waals surface area contributed by atoms with Gasteiger partial charge in [0.25, 0.3) is 0 Å². The van der Waals surface area contributed by atoms with Crippen LogP contribution in [0.25, 0.3) is 0 Å². The molecule has 1 aliphatic rings. The fraction of sp³-hybridized carbons (Fsp3) is 0.231. The van der Waals surface area contributed by atoms with Gasteiger partial charge in [-0.2, -0.15) is 0 Å². The van der Waals surface area contributed by atoms with Gasteiger partial charge in [-0.25, -0.2) is 0 Å². The van der Waals surface area contributed by atoms with Gasteiger partial charge in [-0.15, -0.1) is 0 Å². The Balaban J connectivity index is 1.56. The van der Waals surface area contributed by atoms with Crippen molar-refractivity contribution in [2.45, 2.75) is 39.0 Å². The first-order valence-electron chi connectivity index (χ1n) is 11.0. The molecule has 0 aromatic carbocycles. The standard InChI is InChI=1S/C26H26N6S/c1-18-15-22(19(2)31(18)16-20-6-11-27-12-7-20)25-24(23-5-3-4-10-29-23)30-26(33)32(25)17-21-8-13-28-14-9-21/h3-15,24-25H,16-17H2,1-2H3,(H,30,33)/t24-,25+/m0/s1. The highest BCUT2D eigenvalue weighted by Gasteiger charge is 2.41. The molecule has 0 spiro atoms. The van der Waals surface area contributed by atoms with Crippen molar-refractivity contribution in [1.82, 2.24) is 29.7 Å². The van der Waals surface area contributed by atoms with Crippen molar-refractivity contribution in [2.75, 3.05) is 0 Å². The molecule has 1 N–H and O–H groups in total. The molecule has 4 aromatic rings. The predicted molar refractivity (Wildman–Crippen MR) is 132 cm³/mol. The summed E-state index contributed by atoms with van der Waals surface area (Å²) in [5.74, 6) is 0. The van der Waals surface area contributed by atoms with Crippen LogP contribution in [0.2, 0.25) is 0 Å². The van der Waals surface area contributed by atoms with Gasteiger partial charge < -0.3 is 14.8 Å². The van der Waals surface area contributed by atoms with Gasteiger partial charge in [-0.05, 0) is 85.2 Å².